The van der Waals surface area contributed by atoms with Crippen LogP contribution in [0.2, 0.25) is 0 Å². The molecule has 2 spiro atoms. The highest BCUT2D eigenvalue weighted by Gasteiger charge is 3.15. The topological polar surface area (TPSA) is 40.6 Å². The zero-order valence-electron chi connectivity index (χ0n) is 12.4. The average molecular weight is 295 g/mol. The Morgan fingerprint density at radius 1 is 1.15 bits per heavy atom. The number of imide groups is 1. The fourth-order valence-corrected chi connectivity index (χ4v) is 8.78. The Hall–Kier alpha value is -0.770. The van der Waals surface area contributed by atoms with Crippen molar-refractivity contribution in [3.05, 3.63) is 0 Å². The van der Waals surface area contributed by atoms with Gasteiger partial charge in [0.2, 0.25) is 5.91 Å². The van der Waals surface area contributed by atoms with Gasteiger partial charge in [-0.05, 0) is 28.6 Å². The van der Waals surface area contributed by atoms with Crippen LogP contribution in [0.4, 0.5) is 4.79 Å². The number of urea groups is 1. The number of amides is 3. The van der Waals surface area contributed by atoms with Gasteiger partial charge in [-0.15, -0.1) is 11.6 Å². The van der Waals surface area contributed by atoms with Crippen molar-refractivity contribution < 1.29 is 9.59 Å². The highest BCUT2D eigenvalue weighted by molar-refractivity contribution is 6.23. The highest BCUT2D eigenvalue weighted by Crippen LogP contribution is 3.09. The predicted octanol–water partition coefficient (Wildman–Crippen LogP) is 1.78. The number of halogens is 1. The van der Waals surface area contributed by atoms with Gasteiger partial charge in [-0.2, -0.15) is 0 Å². The van der Waals surface area contributed by atoms with E-state index in [4.69, 9.17) is 11.6 Å². The van der Waals surface area contributed by atoms with E-state index in [-0.39, 0.29) is 45.0 Å². The normalized spacial score (nSPS) is 68.3. The standard InChI is InChI=1S/C15H19ClN2O2/c1-6-7(16)12(2)8-13(3)9(12)15(6)14(8,13)10(19)17(4)11(20)18(15)5/h6-9H,1-5H3/t6-,7-,8-,9-,12-,13+,14+,15+/m0/s1. The molecule has 0 radical (unpaired) electrons. The Balaban J connectivity index is 1.83. The number of carbonyl (C=O) groups excluding carboxylic acids is 2. The molecule has 0 unspecified atom stereocenters. The number of rotatable bonds is 0. The maximum absolute atomic E-state index is 13.0. The van der Waals surface area contributed by atoms with Crippen molar-refractivity contribution in [1.29, 1.82) is 0 Å². The van der Waals surface area contributed by atoms with Crippen molar-refractivity contribution in [3.63, 3.8) is 0 Å². The molecule has 0 aromatic carbocycles. The molecule has 4 saturated carbocycles. The number of fused-ring (bicyclic) bond motifs is 1. The molecule has 0 N–H and O–H groups in total. The lowest BCUT2D eigenvalue weighted by Gasteiger charge is -2.66. The molecule has 5 fully saturated rings. The van der Waals surface area contributed by atoms with Crippen LogP contribution in [0, 0.1) is 34.0 Å². The lowest BCUT2D eigenvalue weighted by molar-refractivity contribution is -0.187. The maximum Gasteiger partial charge on any atom is 0.326 e. The summed E-state index contributed by atoms with van der Waals surface area (Å²) in [5.41, 5.74) is -0.569. The predicted molar refractivity (Wildman–Crippen MR) is 73.1 cm³/mol. The third-order valence-corrected chi connectivity index (χ3v) is 9.06. The smallest absolute Gasteiger partial charge is 0.320 e. The second kappa shape index (κ2) is 2.43. The summed E-state index contributed by atoms with van der Waals surface area (Å²) in [5, 5.41) is 0.0626. The Morgan fingerprint density at radius 3 is 2.35 bits per heavy atom. The van der Waals surface area contributed by atoms with E-state index in [0.29, 0.717) is 11.8 Å². The summed E-state index contributed by atoms with van der Waals surface area (Å²) < 4.78 is 0. The summed E-state index contributed by atoms with van der Waals surface area (Å²) in [6, 6.07) is -0.166. The minimum absolute atomic E-state index is 0.0190. The SMILES string of the molecule is C[C@H]1[C@H](Cl)[C@]2(C)[C@H]3[C@@]4(C)[C@H]2[C@@]42C(=O)N(C)C(=O)N(C)[C@]132. The first-order valence-electron chi connectivity index (χ1n) is 7.39. The molecule has 8 atom stereocenters. The Kier molecular flexibility index (Phi) is 1.44. The molecule has 5 heteroatoms. The van der Waals surface area contributed by atoms with E-state index in [2.05, 4.69) is 20.8 Å². The minimum atomic E-state index is -0.346. The molecule has 108 valence electrons. The fraction of sp³-hybridized carbons (Fsp3) is 0.867. The average Bonchev–Trinajstić information content (AvgIpc) is 2.65. The summed E-state index contributed by atoms with van der Waals surface area (Å²) in [4.78, 5) is 28.6. The summed E-state index contributed by atoms with van der Waals surface area (Å²) in [7, 11) is 3.49. The van der Waals surface area contributed by atoms with Crippen molar-refractivity contribution in [2.75, 3.05) is 14.1 Å². The lowest BCUT2D eigenvalue weighted by atomic mass is 9.45. The third kappa shape index (κ3) is 0.545. The third-order valence-electron chi connectivity index (χ3n) is 8.21. The number of nitrogens with zero attached hydrogens (tertiary/aromatic N) is 2. The van der Waals surface area contributed by atoms with Crippen LogP contribution >= 0.6 is 11.6 Å². The molecule has 20 heavy (non-hydrogen) atoms. The summed E-state index contributed by atoms with van der Waals surface area (Å²) in [6.07, 6.45) is 0. The van der Waals surface area contributed by atoms with Gasteiger partial charge in [0.1, 0.15) is 0 Å². The van der Waals surface area contributed by atoms with Gasteiger partial charge in [0.25, 0.3) is 0 Å². The largest absolute Gasteiger partial charge is 0.326 e. The maximum atomic E-state index is 13.0. The molecule has 1 saturated heterocycles. The first-order valence-corrected chi connectivity index (χ1v) is 7.82. The monoisotopic (exact) mass is 294 g/mol. The van der Waals surface area contributed by atoms with Crippen LogP contribution in [0.5, 0.6) is 0 Å². The van der Waals surface area contributed by atoms with Gasteiger partial charge in [-0.25, -0.2) is 4.79 Å². The highest BCUT2D eigenvalue weighted by atomic mass is 35.5. The number of hydrogen-bond donors (Lipinski definition) is 0. The molecule has 0 bridgehead atoms. The van der Waals surface area contributed by atoms with E-state index in [1.54, 1.807) is 7.05 Å². The van der Waals surface area contributed by atoms with Crippen molar-refractivity contribution in [3.8, 4) is 0 Å². The van der Waals surface area contributed by atoms with Crippen LogP contribution in [0.3, 0.4) is 0 Å². The van der Waals surface area contributed by atoms with Gasteiger partial charge < -0.3 is 4.90 Å². The van der Waals surface area contributed by atoms with Crippen molar-refractivity contribution in [2.45, 2.75) is 31.7 Å². The molecule has 0 aromatic rings. The van der Waals surface area contributed by atoms with Gasteiger partial charge in [-0.3, -0.25) is 9.69 Å². The molecular weight excluding hydrogens is 276 g/mol. The lowest BCUT2D eigenvalue weighted by Crippen LogP contribution is -2.79. The van der Waals surface area contributed by atoms with Crippen molar-refractivity contribution in [2.24, 2.45) is 34.0 Å². The van der Waals surface area contributed by atoms with Gasteiger partial charge in [0.05, 0.1) is 11.0 Å². The van der Waals surface area contributed by atoms with Crippen LogP contribution < -0.4 is 0 Å². The fourth-order valence-electron chi connectivity index (χ4n) is 8.33. The number of carbonyl (C=O) groups is 2. The van der Waals surface area contributed by atoms with E-state index < -0.39 is 0 Å². The van der Waals surface area contributed by atoms with Crippen LogP contribution in [-0.2, 0) is 4.79 Å². The number of alkyl halides is 1. The zero-order chi connectivity index (χ0) is 14.6. The van der Waals surface area contributed by atoms with E-state index >= 15 is 0 Å². The Bertz CT molecular complexity index is 637. The van der Waals surface area contributed by atoms with Crippen molar-refractivity contribution in [1.82, 2.24) is 9.80 Å². The molecule has 4 nitrogen and oxygen atoms in total. The van der Waals surface area contributed by atoms with Crippen molar-refractivity contribution >= 4 is 23.5 Å². The molecule has 5 rings (SSSR count). The van der Waals surface area contributed by atoms with Crippen LogP contribution in [-0.4, -0.2) is 46.7 Å². The second-order valence-corrected chi connectivity index (χ2v) is 8.51. The van der Waals surface area contributed by atoms with E-state index in [1.807, 2.05) is 11.9 Å². The Morgan fingerprint density at radius 2 is 1.75 bits per heavy atom. The van der Waals surface area contributed by atoms with Crippen LogP contribution in [0.25, 0.3) is 0 Å². The van der Waals surface area contributed by atoms with Crippen LogP contribution in [0.15, 0.2) is 0 Å². The van der Waals surface area contributed by atoms with Gasteiger partial charge in [0.15, 0.2) is 0 Å². The molecular formula is C15H19ClN2O2. The van der Waals surface area contributed by atoms with E-state index in [1.165, 1.54) is 4.90 Å². The molecule has 4 aliphatic carbocycles. The quantitative estimate of drug-likeness (QED) is 0.639. The van der Waals surface area contributed by atoms with E-state index in [9.17, 15) is 9.59 Å². The zero-order valence-corrected chi connectivity index (χ0v) is 13.2. The Labute approximate surface area is 123 Å². The summed E-state index contributed by atoms with van der Waals surface area (Å²) in [6.45, 7) is 6.61. The second-order valence-electron chi connectivity index (χ2n) is 8.04. The van der Waals surface area contributed by atoms with Gasteiger partial charge in [-0.1, -0.05) is 20.8 Å². The van der Waals surface area contributed by atoms with Gasteiger partial charge in [0, 0.05) is 19.5 Å². The molecule has 3 amide bonds. The summed E-state index contributed by atoms with van der Waals surface area (Å²) >= 11 is 6.75. The summed E-state index contributed by atoms with van der Waals surface area (Å²) in [5.74, 6) is 0.967. The molecule has 5 aliphatic rings. The first kappa shape index (κ1) is 11.8. The van der Waals surface area contributed by atoms with Crippen LogP contribution in [0.1, 0.15) is 20.8 Å². The molecule has 0 aromatic heterocycles. The number of hydrogen-bond acceptors (Lipinski definition) is 2. The first-order chi connectivity index (χ1) is 9.18. The minimum Gasteiger partial charge on any atom is -0.320 e. The van der Waals surface area contributed by atoms with Gasteiger partial charge >= 0.3 is 6.03 Å². The molecule has 1 aliphatic heterocycles. The molecule has 1 heterocycles. The van der Waals surface area contributed by atoms with E-state index in [0.717, 1.165) is 0 Å².